The molecule has 0 radical (unpaired) electrons. The number of aromatic amines is 1. The molecule has 0 aliphatic heterocycles. The number of fused-ring (bicyclic) bond motifs is 1. The van der Waals surface area contributed by atoms with Gasteiger partial charge in [0.05, 0.1) is 22.5 Å². The van der Waals surface area contributed by atoms with Crippen molar-refractivity contribution in [2.45, 2.75) is 13.8 Å². The third kappa shape index (κ3) is 1.44. The highest BCUT2D eigenvalue weighted by atomic mass is 16.1. The molecule has 0 unspecified atom stereocenters. The van der Waals surface area contributed by atoms with E-state index in [0.29, 0.717) is 10.9 Å². The number of hydrogen-bond donors (Lipinski definition) is 1. The minimum absolute atomic E-state index is 0.199. The van der Waals surface area contributed by atoms with Gasteiger partial charge in [0.25, 0.3) is 5.56 Å². The summed E-state index contributed by atoms with van der Waals surface area (Å²) < 4.78 is 1.77. The normalized spacial score (nSPS) is 11.0. The van der Waals surface area contributed by atoms with Crippen LogP contribution in [0.2, 0.25) is 0 Å². The van der Waals surface area contributed by atoms with E-state index in [2.05, 4.69) is 15.3 Å². The van der Waals surface area contributed by atoms with Crippen LogP contribution >= 0.6 is 0 Å². The smallest absolute Gasteiger partial charge is 0.267 e. The van der Waals surface area contributed by atoms with Crippen LogP contribution in [0.1, 0.15) is 11.4 Å². The molecule has 0 saturated carbocycles. The van der Waals surface area contributed by atoms with E-state index in [9.17, 15) is 4.79 Å². The Morgan fingerprint density at radius 2 is 1.89 bits per heavy atom. The van der Waals surface area contributed by atoms with Crippen molar-refractivity contribution < 1.29 is 0 Å². The Bertz CT molecular complexity index is 771. The molecule has 5 nitrogen and oxygen atoms in total. The van der Waals surface area contributed by atoms with Gasteiger partial charge in [-0.2, -0.15) is 10.2 Å². The lowest BCUT2D eigenvalue weighted by Gasteiger charge is -2.02. The van der Waals surface area contributed by atoms with Crippen molar-refractivity contribution in [2.24, 2.45) is 0 Å². The fourth-order valence-corrected chi connectivity index (χ4v) is 2.09. The zero-order valence-corrected chi connectivity index (χ0v) is 10.1. The lowest BCUT2D eigenvalue weighted by atomic mass is 10.2. The van der Waals surface area contributed by atoms with Crippen molar-refractivity contribution in [3.05, 3.63) is 52.1 Å². The number of aryl methyl sites for hydroxylation is 2. The van der Waals surface area contributed by atoms with Crippen LogP contribution in [0.15, 0.2) is 35.1 Å². The van der Waals surface area contributed by atoms with Crippen LogP contribution in [0.4, 0.5) is 0 Å². The lowest BCUT2D eigenvalue weighted by Crippen LogP contribution is -2.09. The second kappa shape index (κ2) is 3.80. The van der Waals surface area contributed by atoms with Crippen molar-refractivity contribution in [1.82, 2.24) is 20.0 Å². The fraction of sp³-hybridized carbons (Fsp3) is 0.154. The Hall–Kier alpha value is -2.43. The van der Waals surface area contributed by atoms with E-state index in [1.807, 2.05) is 44.2 Å². The zero-order chi connectivity index (χ0) is 12.7. The fourth-order valence-electron chi connectivity index (χ4n) is 2.09. The van der Waals surface area contributed by atoms with Crippen LogP contribution in [-0.4, -0.2) is 20.0 Å². The molecule has 0 aliphatic carbocycles. The van der Waals surface area contributed by atoms with Crippen molar-refractivity contribution in [3.8, 4) is 5.69 Å². The third-order valence-corrected chi connectivity index (χ3v) is 3.01. The van der Waals surface area contributed by atoms with E-state index in [1.165, 1.54) is 0 Å². The average Bonchev–Trinajstić information content (AvgIpc) is 2.74. The molecule has 90 valence electrons. The standard InChI is InChI=1S/C13H12N4O/c1-8-12-11(13(18)15-14-8)9(2)17(16-12)10-6-4-3-5-7-10/h3-7H,1-2H3,(H,15,18). The number of H-pyrrole nitrogens is 1. The molecule has 0 saturated heterocycles. The highest BCUT2D eigenvalue weighted by molar-refractivity contribution is 5.82. The second-order valence-electron chi connectivity index (χ2n) is 4.19. The number of rotatable bonds is 1. The topological polar surface area (TPSA) is 63.6 Å². The third-order valence-electron chi connectivity index (χ3n) is 3.01. The summed E-state index contributed by atoms with van der Waals surface area (Å²) in [5.74, 6) is 0. The molecule has 0 bridgehead atoms. The van der Waals surface area contributed by atoms with E-state index in [4.69, 9.17) is 0 Å². The SMILES string of the molecule is Cc1n[nH]c(=O)c2c(C)n(-c3ccccc3)nc12. The molecule has 0 fully saturated rings. The van der Waals surface area contributed by atoms with E-state index < -0.39 is 0 Å². The van der Waals surface area contributed by atoms with Gasteiger partial charge in [0, 0.05) is 0 Å². The quantitative estimate of drug-likeness (QED) is 0.704. The monoisotopic (exact) mass is 240 g/mol. The van der Waals surface area contributed by atoms with E-state index in [0.717, 1.165) is 17.1 Å². The summed E-state index contributed by atoms with van der Waals surface area (Å²) in [6, 6.07) is 9.74. The van der Waals surface area contributed by atoms with Crippen molar-refractivity contribution >= 4 is 10.9 Å². The average molecular weight is 240 g/mol. The molecule has 18 heavy (non-hydrogen) atoms. The van der Waals surface area contributed by atoms with Gasteiger partial charge in [-0.05, 0) is 26.0 Å². The minimum atomic E-state index is -0.199. The number of para-hydroxylation sites is 1. The van der Waals surface area contributed by atoms with Gasteiger partial charge in [-0.15, -0.1) is 0 Å². The van der Waals surface area contributed by atoms with Gasteiger partial charge in [0.15, 0.2) is 0 Å². The summed E-state index contributed by atoms with van der Waals surface area (Å²) in [5.41, 5.74) is 2.94. The van der Waals surface area contributed by atoms with Crippen LogP contribution < -0.4 is 5.56 Å². The molecule has 0 aliphatic rings. The maximum atomic E-state index is 11.8. The maximum absolute atomic E-state index is 11.8. The zero-order valence-electron chi connectivity index (χ0n) is 10.1. The van der Waals surface area contributed by atoms with Crippen LogP contribution in [-0.2, 0) is 0 Å². The van der Waals surface area contributed by atoms with Crippen LogP contribution in [0.5, 0.6) is 0 Å². The van der Waals surface area contributed by atoms with Gasteiger partial charge in [0.1, 0.15) is 5.52 Å². The summed E-state index contributed by atoms with van der Waals surface area (Å²) in [6.45, 7) is 3.72. The van der Waals surface area contributed by atoms with Crippen molar-refractivity contribution in [1.29, 1.82) is 0 Å². The number of nitrogens with zero attached hydrogens (tertiary/aromatic N) is 3. The molecule has 3 aromatic rings. The number of nitrogens with one attached hydrogen (secondary N) is 1. The molecule has 0 amide bonds. The van der Waals surface area contributed by atoms with Gasteiger partial charge in [0.2, 0.25) is 0 Å². The predicted octanol–water partition coefficient (Wildman–Crippen LogP) is 1.73. The predicted molar refractivity (Wildman–Crippen MR) is 69.0 cm³/mol. The molecule has 1 N–H and O–H groups in total. The lowest BCUT2D eigenvalue weighted by molar-refractivity contribution is 0.858. The Morgan fingerprint density at radius 1 is 1.17 bits per heavy atom. The van der Waals surface area contributed by atoms with Crippen LogP contribution in [0.25, 0.3) is 16.6 Å². The van der Waals surface area contributed by atoms with Gasteiger partial charge in [-0.25, -0.2) is 9.78 Å². The maximum Gasteiger partial charge on any atom is 0.275 e. The van der Waals surface area contributed by atoms with Gasteiger partial charge >= 0.3 is 0 Å². The Morgan fingerprint density at radius 3 is 2.56 bits per heavy atom. The van der Waals surface area contributed by atoms with Crippen LogP contribution in [0, 0.1) is 13.8 Å². The second-order valence-corrected chi connectivity index (χ2v) is 4.19. The Labute approximate surface area is 103 Å². The first kappa shape index (κ1) is 10.7. The van der Waals surface area contributed by atoms with E-state index in [1.54, 1.807) is 4.68 Å². The van der Waals surface area contributed by atoms with Gasteiger partial charge in [-0.3, -0.25) is 4.79 Å². The number of hydrogen-bond acceptors (Lipinski definition) is 3. The molecule has 2 heterocycles. The summed E-state index contributed by atoms with van der Waals surface area (Å²) >= 11 is 0. The molecule has 0 atom stereocenters. The molecule has 0 spiro atoms. The van der Waals surface area contributed by atoms with E-state index >= 15 is 0 Å². The van der Waals surface area contributed by atoms with Gasteiger partial charge < -0.3 is 0 Å². The molecule has 2 aromatic heterocycles. The van der Waals surface area contributed by atoms with Crippen LogP contribution in [0.3, 0.4) is 0 Å². The first-order valence-corrected chi connectivity index (χ1v) is 5.68. The Balaban J connectivity index is 2.40. The first-order chi connectivity index (χ1) is 8.68. The highest BCUT2D eigenvalue weighted by Gasteiger charge is 2.14. The first-order valence-electron chi connectivity index (χ1n) is 5.68. The summed E-state index contributed by atoms with van der Waals surface area (Å²) in [4.78, 5) is 11.8. The molecule has 3 rings (SSSR count). The summed E-state index contributed by atoms with van der Waals surface area (Å²) in [7, 11) is 0. The van der Waals surface area contributed by atoms with Crippen molar-refractivity contribution in [2.75, 3.05) is 0 Å². The van der Waals surface area contributed by atoms with E-state index in [-0.39, 0.29) is 5.56 Å². The largest absolute Gasteiger partial charge is 0.275 e. The van der Waals surface area contributed by atoms with Crippen molar-refractivity contribution in [3.63, 3.8) is 0 Å². The van der Waals surface area contributed by atoms with Gasteiger partial charge in [-0.1, -0.05) is 18.2 Å². The number of aromatic nitrogens is 4. The summed E-state index contributed by atoms with van der Waals surface area (Å²) in [6.07, 6.45) is 0. The molecule has 5 heteroatoms. The minimum Gasteiger partial charge on any atom is -0.267 e. The Kier molecular flexibility index (Phi) is 2.26. The molecular weight excluding hydrogens is 228 g/mol. The number of benzene rings is 1. The molecular formula is C13H12N4O. The highest BCUT2D eigenvalue weighted by Crippen LogP contribution is 2.18. The summed E-state index contributed by atoms with van der Waals surface area (Å²) in [5, 5.41) is 11.5. The molecule has 1 aromatic carbocycles.